The molecule has 14 nitrogen and oxygen atoms in total. The molecular weight excluding hydrogens is 715 g/mol. The lowest BCUT2D eigenvalue weighted by atomic mass is 9.92. The normalized spacial score (nSPS) is 21.4. The van der Waals surface area contributed by atoms with Crippen molar-refractivity contribution in [2.75, 3.05) is 44.2 Å². The maximum atomic E-state index is 13.3. The zero-order chi connectivity index (χ0) is 38.8. The van der Waals surface area contributed by atoms with Crippen LogP contribution in [0.1, 0.15) is 75.2 Å². The molecule has 3 fully saturated rings. The van der Waals surface area contributed by atoms with Gasteiger partial charge in [-0.1, -0.05) is 0 Å². The number of nitriles is 1. The molecule has 4 aliphatic rings. The zero-order valence-electron chi connectivity index (χ0n) is 30.7. The van der Waals surface area contributed by atoms with Crippen molar-refractivity contribution in [1.29, 1.82) is 5.26 Å². The molecule has 14 heteroatoms. The van der Waals surface area contributed by atoms with E-state index in [1.807, 2.05) is 36.4 Å². The Balaban J connectivity index is 0.756. The Kier molecular flexibility index (Phi) is 10.3. The van der Waals surface area contributed by atoms with Gasteiger partial charge in [0.1, 0.15) is 30.2 Å². The second kappa shape index (κ2) is 15.8. The summed E-state index contributed by atoms with van der Waals surface area (Å²) in [5, 5.41) is 15.6. The van der Waals surface area contributed by atoms with Crippen molar-refractivity contribution in [1.82, 2.24) is 25.4 Å². The molecule has 1 aromatic heterocycles. The average Bonchev–Trinajstić information content (AvgIpc) is 3.47. The van der Waals surface area contributed by atoms with Crippen LogP contribution in [-0.4, -0.2) is 102 Å². The number of amides is 5. The van der Waals surface area contributed by atoms with E-state index in [0.29, 0.717) is 29.0 Å². The average molecular weight is 756 g/mol. The number of ether oxygens (including phenoxy) is 2. The van der Waals surface area contributed by atoms with Crippen LogP contribution >= 0.6 is 0 Å². The largest absolute Gasteiger partial charge is 0.492 e. The number of rotatable bonds is 10. The van der Waals surface area contributed by atoms with Gasteiger partial charge in [0.2, 0.25) is 11.8 Å². The third-order valence-corrected chi connectivity index (χ3v) is 11.1. The first-order valence-corrected chi connectivity index (χ1v) is 19.1. The van der Waals surface area contributed by atoms with Gasteiger partial charge >= 0.3 is 0 Å². The molecule has 1 saturated carbocycles. The number of nitrogens with one attached hydrogen (secondary N) is 2. The molecule has 1 atom stereocenters. The Labute approximate surface area is 323 Å². The van der Waals surface area contributed by atoms with Gasteiger partial charge in [-0.15, -0.1) is 0 Å². The van der Waals surface area contributed by atoms with Gasteiger partial charge in [0.15, 0.2) is 0 Å². The Hall–Kier alpha value is -6.33. The predicted octanol–water partition coefficient (Wildman–Crippen LogP) is 3.83. The number of imide groups is 2. The summed E-state index contributed by atoms with van der Waals surface area (Å²) >= 11 is 0. The fourth-order valence-corrected chi connectivity index (χ4v) is 7.99. The van der Waals surface area contributed by atoms with Gasteiger partial charge in [0, 0.05) is 68.0 Å². The van der Waals surface area contributed by atoms with E-state index in [4.69, 9.17) is 9.47 Å². The summed E-state index contributed by atoms with van der Waals surface area (Å²) in [6.45, 7) is 4.22. The molecule has 0 spiro atoms. The van der Waals surface area contributed by atoms with Gasteiger partial charge in [-0.3, -0.25) is 44.1 Å². The maximum Gasteiger partial charge on any atom is 0.262 e. The van der Waals surface area contributed by atoms with Crippen molar-refractivity contribution >= 4 is 46.1 Å². The number of hydrogen-bond acceptors (Lipinski definition) is 11. The van der Waals surface area contributed by atoms with Crippen LogP contribution in [0.2, 0.25) is 0 Å². The van der Waals surface area contributed by atoms with Gasteiger partial charge in [-0.25, -0.2) is 0 Å². The highest BCUT2D eigenvalue weighted by molar-refractivity contribution is 6.23. The monoisotopic (exact) mass is 755 g/mol. The molecule has 0 radical (unpaired) electrons. The van der Waals surface area contributed by atoms with Crippen LogP contribution in [0.3, 0.4) is 0 Å². The van der Waals surface area contributed by atoms with Gasteiger partial charge < -0.3 is 19.7 Å². The molecule has 8 rings (SSSR count). The number of nitrogens with zero attached hydrogens (tertiary/aromatic N) is 5. The minimum absolute atomic E-state index is 0.0196. The van der Waals surface area contributed by atoms with E-state index in [2.05, 4.69) is 31.5 Å². The molecule has 3 aromatic carbocycles. The van der Waals surface area contributed by atoms with Crippen LogP contribution in [0.4, 0.5) is 5.69 Å². The minimum Gasteiger partial charge on any atom is -0.492 e. The van der Waals surface area contributed by atoms with Gasteiger partial charge in [0.05, 0.1) is 28.3 Å². The number of pyridine rings is 1. The Morgan fingerprint density at radius 2 is 1.66 bits per heavy atom. The summed E-state index contributed by atoms with van der Waals surface area (Å²) in [7, 11) is 0. The third kappa shape index (κ3) is 7.50. The maximum absolute atomic E-state index is 13.3. The van der Waals surface area contributed by atoms with Crippen molar-refractivity contribution in [2.24, 2.45) is 0 Å². The summed E-state index contributed by atoms with van der Waals surface area (Å²) in [6.07, 6.45) is 5.11. The number of benzene rings is 3. The van der Waals surface area contributed by atoms with Crippen molar-refractivity contribution in [2.45, 2.75) is 56.7 Å². The Bertz CT molecular complexity index is 2240. The van der Waals surface area contributed by atoms with Gasteiger partial charge in [-0.2, -0.15) is 5.26 Å². The van der Waals surface area contributed by atoms with E-state index in [0.717, 1.165) is 80.1 Å². The number of anilines is 1. The Morgan fingerprint density at radius 3 is 2.41 bits per heavy atom. The van der Waals surface area contributed by atoms with Gasteiger partial charge in [0.25, 0.3) is 17.7 Å². The molecule has 1 aliphatic carbocycles. The van der Waals surface area contributed by atoms with Crippen molar-refractivity contribution in [3.8, 4) is 17.6 Å². The summed E-state index contributed by atoms with van der Waals surface area (Å²) in [5.41, 5.74) is 3.11. The molecule has 5 amide bonds. The highest BCUT2D eigenvalue weighted by atomic mass is 16.5. The van der Waals surface area contributed by atoms with Crippen LogP contribution < -0.4 is 25.0 Å². The molecule has 0 bridgehead atoms. The number of piperazine rings is 1. The number of aromatic nitrogens is 1. The molecule has 2 N–H and O–H groups in total. The first kappa shape index (κ1) is 36.6. The molecule has 3 aliphatic heterocycles. The lowest BCUT2D eigenvalue weighted by molar-refractivity contribution is -0.136. The first-order valence-electron chi connectivity index (χ1n) is 19.1. The minimum atomic E-state index is -0.988. The number of fused-ring (bicyclic) bond motifs is 2. The SMILES string of the molecule is N#Cc1ccc(O[C@H]2CC[C@H](NC(=O)c3ccc(OCCN4CCN(c5ccc6c(c5)C(=O)N(C5CCC(=O)NC5=O)C6=O)CC4)cc3)CC2)c2cccnc12. The smallest absolute Gasteiger partial charge is 0.262 e. The number of carbonyl (C=O) groups is 5. The Morgan fingerprint density at radius 1 is 0.893 bits per heavy atom. The first-order chi connectivity index (χ1) is 27.2. The molecular formula is C42H41N7O7. The molecule has 56 heavy (non-hydrogen) atoms. The van der Waals surface area contributed by atoms with E-state index in [-0.39, 0.29) is 42.0 Å². The second-order valence-electron chi connectivity index (χ2n) is 14.6. The fourth-order valence-electron chi connectivity index (χ4n) is 7.99. The lowest BCUT2D eigenvalue weighted by Crippen LogP contribution is -2.54. The highest BCUT2D eigenvalue weighted by Crippen LogP contribution is 2.32. The molecule has 4 heterocycles. The predicted molar refractivity (Wildman–Crippen MR) is 204 cm³/mol. The van der Waals surface area contributed by atoms with Crippen LogP contribution in [0.25, 0.3) is 10.9 Å². The van der Waals surface area contributed by atoms with E-state index in [1.165, 1.54) is 0 Å². The second-order valence-corrected chi connectivity index (χ2v) is 14.6. The molecule has 1 unspecified atom stereocenters. The summed E-state index contributed by atoms with van der Waals surface area (Å²) in [5.74, 6) is -0.755. The topological polar surface area (TPSA) is 174 Å². The summed E-state index contributed by atoms with van der Waals surface area (Å²) in [4.78, 5) is 73.2. The molecule has 286 valence electrons. The van der Waals surface area contributed by atoms with E-state index in [9.17, 15) is 29.2 Å². The van der Waals surface area contributed by atoms with E-state index < -0.39 is 29.7 Å². The lowest BCUT2D eigenvalue weighted by Gasteiger charge is -2.36. The number of piperidine rings is 1. The van der Waals surface area contributed by atoms with Crippen molar-refractivity contribution < 1.29 is 33.4 Å². The standard InChI is InChI=1S/C42H41N7O7/c43-25-27-5-15-36(33-2-1-17-44-38(27)33)56-31-11-6-28(7-12-31)45-39(51)26-3-9-30(10-4-26)55-23-22-47-18-20-48(21-19-47)29-8-13-32-34(24-29)42(54)49(41(32)53)35-14-16-37(50)46-40(35)52/h1-5,8-10,13,15,17,24,28,31,35H,6-7,11-12,14,16,18-23H2,(H,45,51)(H,46,50,52)/t28-,31-,35?. The quantitative estimate of drug-likeness (QED) is 0.225. The highest BCUT2D eigenvalue weighted by Gasteiger charge is 2.44. The van der Waals surface area contributed by atoms with Gasteiger partial charge in [-0.05, 0) is 98.8 Å². The van der Waals surface area contributed by atoms with Crippen LogP contribution in [-0.2, 0) is 9.59 Å². The fraction of sp³-hybridized carbons (Fsp3) is 0.357. The van der Waals surface area contributed by atoms with Crippen molar-refractivity contribution in [3.05, 3.63) is 95.2 Å². The zero-order valence-corrected chi connectivity index (χ0v) is 30.7. The third-order valence-electron chi connectivity index (χ3n) is 11.1. The van der Waals surface area contributed by atoms with Crippen LogP contribution in [0, 0.1) is 11.3 Å². The number of hydrogen-bond donors (Lipinski definition) is 2. The van der Waals surface area contributed by atoms with E-state index >= 15 is 0 Å². The molecule has 2 saturated heterocycles. The van der Waals surface area contributed by atoms with Crippen LogP contribution in [0.5, 0.6) is 11.5 Å². The molecule has 4 aromatic rings. The number of carbonyl (C=O) groups excluding carboxylic acids is 5. The van der Waals surface area contributed by atoms with Crippen LogP contribution in [0.15, 0.2) is 72.9 Å². The summed E-state index contributed by atoms with van der Waals surface area (Å²) < 4.78 is 12.3. The summed E-state index contributed by atoms with van der Waals surface area (Å²) in [6, 6.07) is 21.0. The van der Waals surface area contributed by atoms with E-state index in [1.54, 1.807) is 36.5 Å². The van der Waals surface area contributed by atoms with Crippen molar-refractivity contribution in [3.63, 3.8) is 0 Å².